The van der Waals surface area contributed by atoms with E-state index in [4.69, 9.17) is 0 Å². The molecule has 2 rings (SSSR count). The average molecular weight is 268 g/mol. The summed E-state index contributed by atoms with van der Waals surface area (Å²) in [4.78, 5) is 13.9. The number of aromatic nitrogens is 2. The Morgan fingerprint density at radius 1 is 1.45 bits per heavy atom. The lowest BCUT2D eigenvalue weighted by Gasteiger charge is -2.19. The number of likely N-dealkylation sites (N-methyl/N-ethyl adjacent to an activating group) is 1. The van der Waals surface area contributed by atoms with Gasteiger partial charge in [0.2, 0.25) is 5.91 Å². The molecule has 1 aromatic carbocycles. The molecular weight excluding hydrogens is 252 g/mol. The quantitative estimate of drug-likeness (QED) is 0.847. The summed E-state index contributed by atoms with van der Waals surface area (Å²) in [6.45, 7) is 0.442. The Balaban J connectivity index is 2.11. The van der Waals surface area contributed by atoms with E-state index >= 15 is 0 Å². The van der Waals surface area contributed by atoms with Crippen LogP contribution < -0.4 is 0 Å². The molecule has 20 heavy (non-hydrogen) atoms. The van der Waals surface area contributed by atoms with E-state index in [0.717, 1.165) is 11.1 Å². The summed E-state index contributed by atoms with van der Waals surface area (Å²) in [5, 5.41) is 13.3. The molecule has 102 valence electrons. The summed E-state index contributed by atoms with van der Waals surface area (Å²) >= 11 is 0. The maximum Gasteiger partial charge on any atom is 0.244 e. The third kappa shape index (κ3) is 3.04. The molecule has 0 spiro atoms. The van der Waals surface area contributed by atoms with Crippen molar-refractivity contribution in [3.05, 3.63) is 53.9 Å². The fourth-order valence-electron chi connectivity index (χ4n) is 2.04. The van der Waals surface area contributed by atoms with Crippen LogP contribution in [-0.4, -0.2) is 27.6 Å². The van der Waals surface area contributed by atoms with Gasteiger partial charge < -0.3 is 4.90 Å². The van der Waals surface area contributed by atoms with E-state index in [1.807, 2.05) is 31.4 Å². The zero-order valence-corrected chi connectivity index (χ0v) is 11.5. The van der Waals surface area contributed by atoms with Crippen LogP contribution in [0.4, 0.5) is 0 Å². The first-order valence-corrected chi connectivity index (χ1v) is 6.29. The van der Waals surface area contributed by atoms with Crippen molar-refractivity contribution in [1.29, 1.82) is 5.26 Å². The predicted octanol–water partition coefficient (Wildman–Crippen LogP) is 1.69. The van der Waals surface area contributed by atoms with Crippen LogP contribution >= 0.6 is 0 Å². The normalized spacial score (nSPS) is 11.7. The van der Waals surface area contributed by atoms with Crippen molar-refractivity contribution < 1.29 is 4.79 Å². The molecule has 1 amide bonds. The van der Waals surface area contributed by atoms with E-state index in [-0.39, 0.29) is 5.91 Å². The van der Waals surface area contributed by atoms with Gasteiger partial charge in [-0.3, -0.25) is 9.48 Å². The molecule has 1 heterocycles. The van der Waals surface area contributed by atoms with Gasteiger partial charge in [-0.1, -0.05) is 30.3 Å². The van der Waals surface area contributed by atoms with Gasteiger partial charge in [-0.25, -0.2) is 0 Å². The monoisotopic (exact) mass is 268 g/mol. The van der Waals surface area contributed by atoms with Gasteiger partial charge in [-0.2, -0.15) is 10.4 Å². The number of hydrogen-bond acceptors (Lipinski definition) is 3. The second-order valence-corrected chi connectivity index (χ2v) is 4.69. The van der Waals surface area contributed by atoms with Crippen LogP contribution in [0.15, 0.2) is 42.7 Å². The number of rotatable bonds is 4. The van der Waals surface area contributed by atoms with E-state index in [0.29, 0.717) is 6.54 Å². The van der Waals surface area contributed by atoms with Gasteiger partial charge in [0.15, 0.2) is 0 Å². The lowest BCUT2D eigenvalue weighted by atomic mass is 9.99. The molecule has 0 radical (unpaired) electrons. The second kappa shape index (κ2) is 6.02. The van der Waals surface area contributed by atoms with Gasteiger partial charge >= 0.3 is 0 Å². The smallest absolute Gasteiger partial charge is 0.244 e. The van der Waals surface area contributed by atoms with Crippen LogP contribution in [0.5, 0.6) is 0 Å². The number of nitrogens with zero attached hydrogens (tertiary/aromatic N) is 4. The second-order valence-electron chi connectivity index (χ2n) is 4.69. The number of hydrogen-bond donors (Lipinski definition) is 0. The first-order valence-electron chi connectivity index (χ1n) is 6.29. The zero-order valence-electron chi connectivity index (χ0n) is 11.5. The number of carbonyl (C=O) groups is 1. The maximum atomic E-state index is 12.4. The van der Waals surface area contributed by atoms with Crippen LogP contribution in [0, 0.1) is 11.3 Å². The Morgan fingerprint density at radius 2 is 2.15 bits per heavy atom. The summed E-state index contributed by atoms with van der Waals surface area (Å²) in [6.07, 6.45) is 3.57. The molecule has 5 nitrogen and oxygen atoms in total. The largest absolute Gasteiger partial charge is 0.340 e. The molecule has 1 atom stereocenters. The molecule has 1 aromatic heterocycles. The van der Waals surface area contributed by atoms with Gasteiger partial charge in [-0.15, -0.1) is 0 Å². The SMILES string of the molecule is CN(Cc1cnn(C)c1)C(=O)C(C#N)c1ccccc1. The van der Waals surface area contributed by atoms with E-state index in [9.17, 15) is 10.1 Å². The number of carbonyl (C=O) groups excluding carboxylic acids is 1. The Kier molecular flexibility index (Phi) is 4.16. The lowest BCUT2D eigenvalue weighted by molar-refractivity contribution is -0.130. The van der Waals surface area contributed by atoms with Crippen molar-refractivity contribution in [1.82, 2.24) is 14.7 Å². The molecule has 1 unspecified atom stereocenters. The number of nitriles is 1. The molecule has 2 aromatic rings. The highest BCUT2D eigenvalue weighted by Crippen LogP contribution is 2.18. The fourth-order valence-corrected chi connectivity index (χ4v) is 2.04. The van der Waals surface area contributed by atoms with Gasteiger partial charge in [0.1, 0.15) is 5.92 Å². The van der Waals surface area contributed by atoms with Gasteiger partial charge in [-0.05, 0) is 5.56 Å². The molecule has 5 heteroatoms. The minimum atomic E-state index is -0.766. The molecule has 0 aliphatic heterocycles. The minimum Gasteiger partial charge on any atom is -0.340 e. The lowest BCUT2D eigenvalue weighted by Crippen LogP contribution is -2.30. The molecule has 0 bridgehead atoms. The van der Waals surface area contributed by atoms with Crippen LogP contribution in [0.1, 0.15) is 17.0 Å². The van der Waals surface area contributed by atoms with E-state index in [2.05, 4.69) is 11.2 Å². The van der Waals surface area contributed by atoms with Crippen LogP contribution in [0.25, 0.3) is 0 Å². The van der Waals surface area contributed by atoms with Crippen LogP contribution in [0.3, 0.4) is 0 Å². The number of benzene rings is 1. The molecular formula is C15H16N4O. The van der Waals surface area contributed by atoms with E-state index in [1.54, 1.807) is 35.0 Å². The summed E-state index contributed by atoms with van der Waals surface area (Å²) < 4.78 is 1.69. The van der Waals surface area contributed by atoms with Crippen molar-refractivity contribution in [2.24, 2.45) is 7.05 Å². The third-order valence-electron chi connectivity index (χ3n) is 3.06. The Morgan fingerprint density at radius 3 is 2.70 bits per heavy atom. The predicted molar refractivity (Wildman–Crippen MR) is 74.5 cm³/mol. The maximum absolute atomic E-state index is 12.4. The van der Waals surface area contributed by atoms with Crippen molar-refractivity contribution in [3.8, 4) is 6.07 Å². The summed E-state index contributed by atoms with van der Waals surface area (Å²) in [5.41, 5.74) is 1.66. The van der Waals surface area contributed by atoms with Crippen LogP contribution in [-0.2, 0) is 18.4 Å². The number of aryl methyl sites for hydroxylation is 1. The third-order valence-corrected chi connectivity index (χ3v) is 3.06. The number of amides is 1. The van der Waals surface area contributed by atoms with Crippen molar-refractivity contribution in [2.45, 2.75) is 12.5 Å². The zero-order chi connectivity index (χ0) is 14.5. The van der Waals surface area contributed by atoms with Crippen molar-refractivity contribution >= 4 is 5.91 Å². The van der Waals surface area contributed by atoms with E-state index in [1.165, 1.54) is 0 Å². The average Bonchev–Trinajstić information content (AvgIpc) is 2.86. The van der Waals surface area contributed by atoms with Gasteiger partial charge in [0.25, 0.3) is 0 Å². The Bertz CT molecular complexity index is 627. The van der Waals surface area contributed by atoms with E-state index < -0.39 is 5.92 Å². The summed E-state index contributed by atoms with van der Waals surface area (Å²) in [7, 11) is 3.52. The van der Waals surface area contributed by atoms with Gasteiger partial charge in [0.05, 0.1) is 12.3 Å². The molecule has 0 aliphatic carbocycles. The highest BCUT2D eigenvalue weighted by molar-refractivity contribution is 5.86. The molecule has 0 fully saturated rings. The topological polar surface area (TPSA) is 61.9 Å². The summed E-state index contributed by atoms with van der Waals surface area (Å²) in [6, 6.07) is 11.2. The molecule has 0 saturated carbocycles. The van der Waals surface area contributed by atoms with Crippen molar-refractivity contribution in [3.63, 3.8) is 0 Å². The van der Waals surface area contributed by atoms with Gasteiger partial charge in [0, 0.05) is 32.4 Å². The minimum absolute atomic E-state index is 0.206. The Hall–Kier alpha value is -2.61. The fraction of sp³-hybridized carbons (Fsp3) is 0.267. The standard InChI is InChI=1S/C15H16N4O/c1-18(10-12-9-17-19(2)11-12)15(20)14(8-16)13-6-4-3-5-7-13/h3-7,9,11,14H,10H2,1-2H3. The van der Waals surface area contributed by atoms with Crippen molar-refractivity contribution in [2.75, 3.05) is 7.05 Å². The summed E-state index contributed by atoms with van der Waals surface area (Å²) in [5.74, 6) is -0.972. The molecule has 0 aliphatic rings. The first-order chi connectivity index (χ1) is 9.61. The highest BCUT2D eigenvalue weighted by Gasteiger charge is 2.23. The molecule has 0 saturated heterocycles. The molecule has 0 N–H and O–H groups in total. The Labute approximate surface area is 118 Å². The highest BCUT2D eigenvalue weighted by atomic mass is 16.2. The van der Waals surface area contributed by atoms with Crippen LogP contribution in [0.2, 0.25) is 0 Å². The first kappa shape index (κ1) is 13.8.